The summed E-state index contributed by atoms with van der Waals surface area (Å²) in [6.45, 7) is 5.83. The third-order valence-electron chi connectivity index (χ3n) is 5.12. The highest BCUT2D eigenvalue weighted by Gasteiger charge is 2.21. The molecule has 3 N–H and O–H groups in total. The van der Waals surface area contributed by atoms with Crippen molar-refractivity contribution in [2.75, 3.05) is 18.2 Å². The Hall–Kier alpha value is -3.78. The number of ether oxygens (including phenoxy) is 1. The zero-order chi connectivity index (χ0) is 22.8. The second-order valence-corrected chi connectivity index (χ2v) is 8.41. The van der Waals surface area contributed by atoms with E-state index in [1.807, 2.05) is 45.0 Å². The fraction of sp³-hybridized carbons (Fsp3) is 0.167. The van der Waals surface area contributed by atoms with E-state index in [1.165, 1.54) is 11.3 Å². The molecule has 0 fully saturated rings. The number of hydrogen-bond acceptors (Lipinski definition) is 7. The molecule has 32 heavy (non-hydrogen) atoms. The van der Waals surface area contributed by atoms with Crippen LogP contribution < -0.4 is 15.8 Å². The van der Waals surface area contributed by atoms with Crippen molar-refractivity contribution in [3.05, 3.63) is 70.2 Å². The SMILES string of the molecule is COc1ccc(NC(=O)c2sc3nc(C)c(N=Nc4ccc(C)cc4)c(C)c3c2N)cc1. The molecule has 1 amide bonds. The lowest BCUT2D eigenvalue weighted by molar-refractivity contribution is 0.103. The number of thiophene rings is 1. The number of nitrogens with zero attached hydrogens (tertiary/aromatic N) is 3. The third-order valence-corrected chi connectivity index (χ3v) is 6.22. The summed E-state index contributed by atoms with van der Waals surface area (Å²) in [7, 11) is 1.59. The zero-order valence-electron chi connectivity index (χ0n) is 18.3. The molecule has 0 aliphatic carbocycles. The molecular weight excluding hydrogens is 422 g/mol. The first-order valence-corrected chi connectivity index (χ1v) is 10.8. The number of anilines is 2. The van der Waals surface area contributed by atoms with E-state index < -0.39 is 0 Å². The number of nitrogens with one attached hydrogen (secondary N) is 1. The number of amides is 1. The van der Waals surface area contributed by atoms with Gasteiger partial charge in [0, 0.05) is 11.1 Å². The maximum absolute atomic E-state index is 12.9. The Kier molecular flexibility index (Phi) is 5.87. The van der Waals surface area contributed by atoms with Crippen LogP contribution in [-0.4, -0.2) is 18.0 Å². The molecule has 162 valence electrons. The van der Waals surface area contributed by atoms with Gasteiger partial charge in [-0.3, -0.25) is 4.79 Å². The largest absolute Gasteiger partial charge is 0.497 e. The molecule has 0 bridgehead atoms. The van der Waals surface area contributed by atoms with Crippen LogP contribution in [0, 0.1) is 20.8 Å². The van der Waals surface area contributed by atoms with E-state index in [4.69, 9.17) is 10.5 Å². The quantitative estimate of drug-likeness (QED) is 0.343. The highest BCUT2D eigenvalue weighted by molar-refractivity contribution is 7.21. The van der Waals surface area contributed by atoms with Gasteiger partial charge in [0.1, 0.15) is 21.1 Å². The van der Waals surface area contributed by atoms with Gasteiger partial charge in [0.05, 0.1) is 24.2 Å². The van der Waals surface area contributed by atoms with Gasteiger partial charge >= 0.3 is 0 Å². The minimum atomic E-state index is -0.282. The number of benzene rings is 2. The molecule has 0 saturated carbocycles. The van der Waals surface area contributed by atoms with E-state index in [2.05, 4.69) is 20.5 Å². The Morgan fingerprint density at radius 3 is 2.38 bits per heavy atom. The molecule has 4 aromatic rings. The van der Waals surface area contributed by atoms with Crippen LogP contribution in [0.15, 0.2) is 58.8 Å². The standard InChI is InChI=1S/C24H23N5O2S/c1-13-5-7-17(8-6-13)28-29-21-14(2)19-20(25)22(32-24(19)26-15(21)3)23(30)27-16-9-11-18(31-4)12-10-16/h5-12H,25H2,1-4H3,(H,27,30). The van der Waals surface area contributed by atoms with E-state index in [-0.39, 0.29) is 5.91 Å². The Morgan fingerprint density at radius 1 is 1.03 bits per heavy atom. The summed E-state index contributed by atoms with van der Waals surface area (Å²) in [5.41, 5.74) is 11.6. The molecule has 8 heteroatoms. The summed E-state index contributed by atoms with van der Waals surface area (Å²) in [5, 5.41) is 12.4. The predicted molar refractivity (Wildman–Crippen MR) is 130 cm³/mol. The topological polar surface area (TPSA) is 102 Å². The van der Waals surface area contributed by atoms with E-state index in [9.17, 15) is 4.79 Å². The molecule has 7 nitrogen and oxygen atoms in total. The first-order chi connectivity index (χ1) is 15.4. The van der Waals surface area contributed by atoms with Crippen molar-refractivity contribution < 1.29 is 9.53 Å². The normalized spacial score (nSPS) is 11.2. The average Bonchev–Trinajstić information content (AvgIpc) is 3.11. The number of carbonyl (C=O) groups is 1. The van der Waals surface area contributed by atoms with Crippen molar-refractivity contribution in [3.8, 4) is 5.75 Å². The smallest absolute Gasteiger partial charge is 0.267 e. The van der Waals surface area contributed by atoms with Gasteiger partial charge in [-0.1, -0.05) is 17.7 Å². The Balaban J connectivity index is 1.67. The van der Waals surface area contributed by atoms with E-state index >= 15 is 0 Å². The predicted octanol–water partition coefficient (Wildman–Crippen LogP) is 6.48. The summed E-state index contributed by atoms with van der Waals surface area (Å²) >= 11 is 1.27. The fourth-order valence-electron chi connectivity index (χ4n) is 3.36. The van der Waals surface area contributed by atoms with Crippen LogP contribution in [0.25, 0.3) is 10.2 Å². The fourth-order valence-corrected chi connectivity index (χ4v) is 4.46. The first kappa shape index (κ1) is 21.5. The molecule has 0 aliphatic rings. The van der Waals surface area contributed by atoms with Crippen LogP contribution in [-0.2, 0) is 0 Å². The number of hydrogen-bond donors (Lipinski definition) is 2. The number of aryl methyl sites for hydroxylation is 3. The molecule has 0 aliphatic heterocycles. The number of pyridine rings is 1. The number of carbonyl (C=O) groups excluding carboxylic acids is 1. The molecular formula is C24H23N5O2S. The third kappa shape index (κ3) is 4.17. The van der Waals surface area contributed by atoms with Crippen molar-refractivity contribution in [2.45, 2.75) is 20.8 Å². The van der Waals surface area contributed by atoms with Crippen LogP contribution in [0.4, 0.5) is 22.7 Å². The first-order valence-electron chi connectivity index (χ1n) is 10.0. The summed E-state index contributed by atoms with van der Waals surface area (Å²) in [6, 6.07) is 14.9. The number of fused-ring (bicyclic) bond motifs is 1. The number of rotatable bonds is 5. The molecule has 2 aromatic heterocycles. The van der Waals surface area contributed by atoms with Gasteiger partial charge < -0.3 is 15.8 Å². The average molecular weight is 446 g/mol. The highest BCUT2D eigenvalue weighted by atomic mass is 32.1. The lowest BCUT2D eigenvalue weighted by atomic mass is 10.1. The van der Waals surface area contributed by atoms with Crippen molar-refractivity contribution in [1.82, 2.24) is 4.98 Å². The number of methoxy groups -OCH3 is 1. The minimum Gasteiger partial charge on any atom is -0.497 e. The summed E-state index contributed by atoms with van der Waals surface area (Å²) in [4.78, 5) is 18.7. The van der Waals surface area contributed by atoms with E-state index in [1.54, 1.807) is 31.4 Å². The molecule has 2 aromatic carbocycles. The molecule has 4 rings (SSSR count). The van der Waals surface area contributed by atoms with Gasteiger partial charge in [0.2, 0.25) is 0 Å². The van der Waals surface area contributed by atoms with Crippen molar-refractivity contribution >= 4 is 50.2 Å². The van der Waals surface area contributed by atoms with Crippen molar-refractivity contribution in [3.63, 3.8) is 0 Å². The summed E-state index contributed by atoms with van der Waals surface area (Å²) in [5.74, 6) is 0.433. The van der Waals surface area contributed by atoms with Gasteiger partial charge in [0.25, 0.3) is 5.91 Å². The summed E-state index contributed by atoms with van der Waals surface area (Å²) in [6.07, 6.45) is 0. The van der Waals surface area contributed by atoms with Crippen molar-refractivity contribution in [2.24, 2.45) is 10.2 Å². The van der Waals surface area contributed by atoms with E-state index in [0.29, 0.717) is 32.5 Å². The second kappa shape index (κ2) is 8.76. The van der Waals surface area contributed by atoms with Crippen LogP contribution in [0.3, 0.4) is 0 Å². The maximum atomic E-state index is 12.9. The maximum Gasteiger partial charge on any atom is 0.267 e. The van der Waals surface area contributed by atoms with Crippen LogP contribution in [0.2, 0.25) is 0 Å². The van der Waals surface area contributed by atoms with Gasteiger partial charge in [0.15, 0.2) is 0 Å². The Bertz CT molecular complexity index is 1330. The number of azo groups is 1. The minimum absolute atomic E-state index is 0.282. The van der Waals surface area contributed by atoms with Gasteiger partial charge in [-0.05, 0) is 62.7 Å². The summed E-state index contributed by atoms with van der Waals surface area (Å²) < 4.78 is 5.15. The number of nitrogen functional groups attached to an aromatic ring is 1. The molecule has 0 unspecified atom stereocenters. The molecule has 0 radical (unpaired) electrons. The van der Waals surface area contributed by atoms with Crippen LogP contribution >= 0.6 is 11.3 Å². The number of nitrogens with two attached hydrogens (primary N) is 1. The van der Waals surface area contributed by atoms with Gasteiger partial charge in [-0.25, -0.2) is 4.98 Å². The number of aromatic nitrogens is 1. The second-order valence-electron chi connectivity index (χ2n) is 7.41. The lowest BCUT2D eigenvalue weighted by Crippen LogP contribution is -2.11. The van der Waals surface area contributed by atoms with Gasteiger partial charge in [-0.15, -0.1) is 16.5 Å². The molecule has 0 saturated heterocycles. The highest BCUT2D eigenvalue weighted by Crippen LogP contribution is 2.40. The molecule has 2 heterocycles. The van der Waals surface area contributed by atoms with E-state index in [0.717, 1.165) is 27.9 Å². The molecule has 0 spiro atoms. The van der Waals surface area contributed by atoms with Gasteiger partial charge in [-0.2, -0.15) is 5.11 Å². The van der Waals surface area contributed by atoms with Crippen LogP contribution in [0.5, 0.6) is 5.75 Å². The Morgan fingerprint density at radius 2 is 1.72 bits per heavy atom. The van der Waals surface area contributed by atoms with Crippen molar-refractivity contribution in [1.29, 1.82) is 0 Å². The monoisotopic (exact) mass is 445 g/mol. The molecule has 0 atom stereocenters. The zero-order valence-corrected chi connectivity index (χ0v) is 19.1. The Labute approximate surface area is 190 Å². The lowest BCUT2D eigenvalue weighted by Gasteiger charge is -2.07. The van der Waals surface area contributed by atoms with Crippen LogP contribution in [0.1, 0.15) is 26.5 Å².